The van der Waals surface area contributed by atoms with Gasteiger partial charge in [-0.2, -0.15) is 0 Å². The smallest absolute Gasteiger partial charge is 0.295 e. The van der Waals surface area contributed by atoms with Crippen molar-refractivity contribution < 1.29 is 14.7 Å². The van der Waals surface area contributed by atoms with Crippen LogP contribution in [0.15, 0.2) is 66.2 Å². The van der Waals surface area contributed by atoms with E-state index in [9.17, 15) is 14.7 Å². The monoisotopic (exact) mass is 322 g/mol. The molecular formula is C19H18N2O3. The van der Waals surface area contributed by atoms with E-state index in [0.29, 0.717) is 5.56 Å². The Balaban J connectivity index is 2.18. The van der Waals surface area contributed by atoms with Crippen LogP contribution in [0.1, 0.15) is 17.2 Å². The first-order valence-corrected chi connectivity index (χ1v) is 7.74. The molecule has 5 heteroatoms. The van der Waals surface area contributed by atoms with E-state index in [2.05, 4.69) is 0 Å². The number of carbonyl (C=O) groups is 2. The van der Waals surface area contributed by atoms with Crippen molar-refractivity contribution in [1.82, 2.24) is 4.90 Å². The summed E-state index contributed by atoms with van der Waals surface area (Å²) < 4.78 is 0. The lowest BCUT2D eigenvalue weighted by molar-refractivity contribution is -0.139. The molecule has 1 aliphatic heterocycles. The highest BCUT2D eigenvalue weighted by atomic mass is 16.3. The molecule has 0 unspecified atom stereocenters. The maximum absolute atomic E-state index is 12.5. The average Bonchev–Trinajstić information content (AvgIpc) is 2.88. The summed E-state index contributed by atoms with van der Waals surface area (Å²) >= 11 is 0. The molecule has 2 aromatic carbocycles. The molecule has 24 heavy (non-hydrogen) atoms. The molecule has 3 N–H and O–H groups in total. The second-order valence-electron chi connectivity index (χ2n) is 5.56. The van der Waals surface area contributed by atoms with Crippen LogP contribution in [0.4, 0.5) is 0 Å². The third-order valence-corrected chi connectivity index (χ3v) is 4.07. The van der Waals surface area contributed by atoms with Crippen LogP contribution in [-0.4, -0.2) is 34.8 Å². The second kappa shape index (κ2) is 6.68. The number of nitrogens with zero attached hydrogens (tertiary/aromatic N) is 1. The van der Waals surface area contributed by atoms with E-state index < -0.39 is 17.7 Å². The molecule has 0 aromatic heterocycles. The number of benzene rings is 2. The van der Waals surface area contributed by atoms with Crippen molar-refractivity contribution in [3.63, 3.8) is 0 Å². The number of Topliss-reactive ketones (excluding diaryl/α,β-unsaturated/α-hetero) is 1. The first kappa shape index (κ1) is 16.0. The Hall–Kier alpha value is -2.92. The van der Waals surface area contributed by atoms with Crippen LogP contribution in [0.3, 0.4) is 0 Å². The largest absolute Gasteiger partial charge is 0.507 e. The van der Waals surface area contributed by atoms with E-state index in [1.54, 1.807) is 24.3 Å². The highest BCUT2D eigenvalue weighted by molar-refractivity contribution is 6.46. The van der Waals surface area contributed by atoms with Gasteiger partial charge in [0.25, 0.3) is 11.7 Å². The van der Waals surface area contributed by atoms with E-state index >= 15 is 0 Å². The van der Waals surface area contributed by atoms with Gasteiger partial charge in [0.15, 0.2) is 0 Å². The van der Waals surface area contributed by atoms with Crippen LogP contribution in [0, 0.1) is 0 Å². The van der Waals surface area contributed by atoms with Gasteiger partial charge in [-0.05, 0) is 5.56 Å². The molecule has 1 atom stereocenters. The number of nitrogens with two attached hydrogens (primary N) is 1. The fourth-order valence-electron chi connectivity index (χ4n) is 2.98. The third kappa shape index (κ3) is 2.70. The lowest BCUT2D eigenvalue weighted by Gasteiger charge is -2.24. The minimum Gasteiger partial charge on any atom is -0.507 e. The molecule has 1 fully saturated rings. The minimum absolute atomic E-state index is 0.103. The Labute approximate surface area is 140 Å². The zero-order chi connectivity index (χ0) is 17.1. The van der Waals surface area contributed by atoms with Gasteiger partial charge in [0.2, 0.25) is 0 Å². The number of likely N-dealkylation sites (tertiary alicyclic amines) is 1. The summed E-state index contributed by atoms with van der Waals surface area (Å²) in [6.45, 7) is 0.484. The molecule has 3 rings (SSSR count). The molecule has 1 heterocycles. The SMILES string of the molecule is NCCN1C(=O)C(=O)C(=C(O)c2ccccc2)[C@H]1c1ccccc1. The molecule has 0 radical (unpaired) electrons. The van der Waals surface area contributed by atoms with Gasteiger partial charge >= 0.3 is 0 Å². The molecular weight excluding hydrogens is 304 g/mol. The van der Waals surface area contributed by atoms with Gasteiger partial charge in [-0.3, -0.25) is 9.59 Å². The van der Waals surface area contributed by atoms with Crippen molar-refractivity contribution in [2.24, 2.45) is 5.73 Å². The quantitative estimate of drug-likeness (QED) is 0.513. The van der Waals surface area contributed by atoms with Gasteiger partial charge in [-0.1, -0.05) is 60.7 Å². The molecule has 5 nitrogen and oxygen atoms in total. The first-order chi connectivity index (χ1) is 11.6. The van der Waals surface area contributed by atoms with Crippen LogP contribution < -0.4 is 5.73 Å². The first-order valence-electron chi connectivity index (χ1n) is 7.74. The van der Waals surface area contributed by atoms with Gasteiger partial charge in [0, 0.05) is 18.7 Å². The molecule has 0 aliphatic carbocycles. The molecule has 2 aromatic rings. The number of carbonyl (C=O) groups excluding carboxylic acids is 2. The highest BCUT2D eigenvalue weighted by Gasteiger charge is 2.45. The molecule has 0 spiro atoms. The summed E-state index contributed by atoms with van der Waals surface area (Å²) in [5, 5.41) is 10.7. The Kier molecular flexibility index (Phi) is 4.44. The van der Waals surface area contributed by atoms with Crippen molar-refractivity contribution >= 4 is 17.4 Å². The number of aliphatic hydroxyl groups is 1. The Morgan fingerprint density at radius 3 is 2.17 bits per heavy atom. The van der Waals surface area contributed by atoms with Crippen LogP contribution in [0.5, 0.6) is 0 Å². The van der Waals surface area contributed by atoms with Crippen LogP contribution >= 0.6 is 0 Å². The summed E-state index contributed by atoms with van der Waals surface area (Å²) in [5.74, 6) is -1.48. The van der Waals surface area contributed by atoms with Crippen molar-refractivity contribution in [3.05, 3.63) is 77.4 Å². The van der Waals surface area contributed by atoms with Crippen molar-refractivity contribution in [2.75, 3.05) is 13.1 Å². The summed E-state index contributed by atoms with van der Waals surface area (Å²) in [7, 11) is 0. The van der Waals surface area contributed by atoms with Gasteiger partial charge in [-0.25, -0.2) is 0 Å². The Morgan fingerprint density at radius 2 is 1.58 bits per heavy atom. The van der Waals surface area contributed by atoms with Crippen LogP contribution in [0.2, 0.25) is 0 Å². The standard InChI is InChI=1S/C19H18N2O3/c20-11-12-21-16(13-7-3-1-4-8-13)15(18(23)19(21)24)17(22)14-9-5-2-6-10-14/h1-10,16,22H,11-12,20H2/t16-/m1/s1. The van der Waals surface area contributed by atoms with Crippen molar-refractivity contribution in [2.45, 2.75) is 6.04 Å². The summed E-state index contributed by atoms with van der Waals surface area (Å²) in [5.41, 5.74) is 6.98. The molecule has 1 aliphatic rings. The lowest BCUT2D eigenvalue weighted by Crippen LogP contribution is -2.34. The number of ketones is 1. The fourth-order valence-corrected chi connectivity index (χ4v) is 2.98. The van der Waals surface area contributed by atoms with E-state index in [-0.39, 0.29) is 24.4 Å². The normalized spacial score (nSPS) is 19.7. The maximum atomic E-state index is 12.5. The van der Waals surface area contributed by atoms with E-state index in [0.717, 1.165) is 5.56 Å². The topological polar surface area (TPSA) is 83.6 Å². The van der Waals surface area contributed by atoms with Crippen LogP contribution in [0.25, 0.3) is 5.76 Å². The van der Waals surface area contributed by atoms with E-state index in [4.69, 9.17) is 5.73 Å². The number of aliphatic hydroxyl groups excluding tert-OH is 1. The zero-order valence-electron chi connectivity index (χ0n) is 13.1. The number of amides is 1. The summed E-state index contributed by atoms with van der Waals surface area (Å²) in [6, 6.07) is 17.3. The fraction of sp³-hybridized carbons (Fsp3) is 0.158. The van der Waals surface area contributed by atoms with Gasteiger partial charge in [0.1, 0.15) is 5.76 Å². The lowest BCUT2D eigenvalue weighted by atomic mass is 9.95. The molecule has 0 saturated carbocycles. The predicted molar refractivity (Wildman–Crippen MR) is 90.9 cm³/mol. The Bertz CT molecular complexity index is 785. The van der Waals surface area contributed by atoms with E-state index in [1.807, 2.05) is 36.4 Å². The predicted octanol–water partition coefficient (Wildman–Crippen LogP) is 2.07. The summed E-state index contributed by atoms with van der Waals surface area (Å²) in [4.78, 5) is 26.4. The Morgan fingerprint density at radius 1 is 1.00 bits per heavy atom. The second-order valence-corrected chi connectivity index (χ2v) is 5.56. The summed E-state index contributed by atoms with van der Waals surface area (Å²) in [6.07, 6.45) is 0. The van der Waals surface area contributed by atoms with Gasteiger partial charge < -0.3 is 15.7 Å². The average molecular weight is 322 g/mol. The number of hydrogen-bond acceptors (Lipinski definition) is 4. The molecule has 1 amide bonds. The maximum Gasteiger partial charge on any atom is 0.295 e. The van der Waals surface area contributed by atoms with Crippen molar-refractivity contribution in [3.8, 4) is 0 Å². The van der Waals surface area contributed by atoms with Gasteiger partial charge in [0.05, 0.1) is 11.6 Å². The van der Waals surface area contributed by atoms with Gasteiger partial charge in [-0.15, -0.1) is 0 Å². The van der Waals surface area contributed by atoms with E-state index in [1.165, 1.54) is 4.90 Å². The van der Waals surface area contributed by atoms with Crippen molar-refractivity contribution in [1.29, 1.82) is 0 Å². The third-order valence-electron chi connectivity index (χ3n) is 4.07. The molecule has 122 valence electrons. The van der Waals surface area contributed by atoms with Crippen LogP contribution in [-0.2, 0) is 9.59 Å². The minimum atomic E-state index is -0.682. The molecule has 0 bridgehead atoms. The molecule has 1 saturated heterocycles. The number of hydrogen-bond donors (Lipinski definition) is 2. The highest BCUT2D eigenvalue weighted by Crippen LogP contribution is 2.38. The zero-order valence-corrected chi connectivity index (χ0v) is 13.1. The number of rotatable bonds is 4.